The van der Waals surface area contributed by atoms with E-state index in [1.54, 1.807) is 12.4 Å². The van der Waals surface area contributed by atoms with E-state index in [9.17, 15) is 0 Å². The molecule has 1 heteroatoms. The molecule has 0 N–H and O–H groups in total. The predicted molar refractivity (Wildman–Crippen MR) is 61.2 cm³/mol. The molecule has 0 atom stereocenters. The molecule has 0 amide bonds. The molecule has 1 aliphatic carbocycles. The number of nitrogens with zero attached hydrogens (tertiary/aromatic N) is 1. The maximum Gasteiger partial charge on any atom is 0.0267 e. The average Bonchev–Trinajstić information content (AvgIpc) is 2.20. The summed E-state index contributed by atoms with van der Waals surface area (Å²) in [6, 6.07) is 5.72. The van der Waals surface area contributed by atoms with E-state index in [1.807, 2.05) is 18.2 Å². The Balaban J connectivity index is 0.000000146. The van der Waals surface area contributed by atoms with Gasteiger partial charge in [-0.15, -0.1) is 0 Å². The van der Waals surface area contributed by atoms with Gasteiger partial charge in [-0.2, -0.15) is 0 Å². The van der Waals surface area contributed by atoms with Gasteiger partial charge >= 0.3 is 0 Å². The molecular formula is C13H21N. The van der Waals surface area contributed by atoms with E-state index >= 15 is 0 Å². The molecule has 1 aliphatic rings. The number of aromatic nitrogens is 1. The van der Waals surface area contributed by atoms with E-state index in [1.165, 1.54) is 51.4 Å². The topological polar surface area (TPSA) is 12.9 Å². The van der Waals surface area contributed by atoms with Gasteiger partial charge in [0.25, 0.3) is 0 Å². The predicted octanol–water partition coefficient (Wildman–Crippen LogP) is 4.20. The lowest BCUT2D eigenvalue weighted by atomic mass is 10.0. The first-order chi connectivity index (χ1) is 7.00. The van der Waals surface area contributed by atoms with Gasteiger partial charge in [-0.3, -0.25) is 4.98 Å². The third kappa shape index (κ3) is 6.64. The molecule has 0 unspecified atom stereocenters. The second kappa shape index (κ2) is 8.74. The Hall–Kier alpha value is -0.850. The number of hydrogen-bond donors (Lipinski definition) is 0. The van der Waals surface area contributed by atoms with Crippen molar-refractivity contribution in [2.45, 2.75) is 51.4 Å². The fourth-order valence-corrected chi connectivity index (χ4v) is 1.73. The molecule has 1 aromatic heterocycles. The molecular weight excluding hydrogens is 170 g/mol. The molecule has 1 saturated carbocycles. The van der Waals surface area contributed by atoms with Crippen LogP contribution in [0.4, 0.5) is 0 Å². The Kier molecular flexibility index (Phi) is 7.00. The second-order valence-electron chi connectivity index (χ2n) is 3.85. The van der Waals surface area contributed by atoms with Crippen LogP contribution < -0.4 is 0 Å². The van der Waals surface area contributed by atoms with Gasteiger partial charge in [-0.05, 0) is 12.1 Å². The molecule has 2 rings (SSSR count). The van der Waals surface area contributed by atoms with E-state index in [-0.39, 0.29) is 0 Å². The maximum atomic E-state index is 3.78. The molecule has 78 valence electrons. The number of rotatable bonds is 0. The summed E-state index contributed by atoms with van der Waals surface area (Å²) in [6.45, 7) is 0. The normalized spacial score (nSPS) is 17.1. The minimum atomic E-state index is 1.50. The molecule has 0 aromatic carbocycles. The zero-order valence-corrected chi connectivity index (χ0v) is 8.99. The molecule has 14 heavy (non-hydrogen) atoms. The highest BCUT2D eigenvalue weighted by molar-refractivity contribution is 4.88. The van der Waals surface area contributed by atoms with Gasteiger partial charge in [0.2, 0.25) is 0 Å². The van der Waals surface area contributed by atoms with Crippen molar-refractivity contribution < 1.29 is 0 Å². The molecule has 1 nitrogen and oxygen atoms in total. The zero-order valence-electron chi connectivity index (χ0n) is 8.99. The zero-order chi connectivity index (χ0) is 9.90. The maximum absolute atomic E-state index is 3.78. The smallest absolute Gasteiger partial charge is 0.0267 e. The molecule has 0 aliphatic heterocycles. The summed E-state index contributed by atoms with van der Waals surface area (Å²) in [5.74, 6) is 0. The third-order valence-electron chi connectivity index (χ3n) is 2.57. The quantitative estimate of drug-likeness (QED) is 0.599. The first-order valence-electron chi connectivity index (χ1n) is 5.85. The standard InChI is InChI=1S/C8H16.C5H5N/c1-2-4-6-8-7-5-3-1;1-2-4-6-5-3-1/h1-8H2;1-5H. The minimum absolute atomic E-state index is 1.50. The average molecular weight is 191 g/mol. The lowest BCUT2D eigenvalue weighted by Crippen LogP contribution is -1.85. The van der Waals surface area contributed by atoms with Crippen molar-refractivity contribution in [1.29, 1.82) is 0 Å². The highest BCUT2D eigenvalue weighted by Gasteiger charge is 1.95. The van der Waals surface area contributed by atoms with Crippen LogP contribution in [0.25, 0.3) is 0 Å². The molecule has 0 saturated heterocycles. The molecule has 0 bridgehead atoms. The third-order valence-corrected chi connectivity index (χ3v) is 2.57. The van der Waals surface area contributed by atoms with Crippen molar-refractivity contribution in [2.24, 2.45) is 0 Å². The summed E-state index contributed by atoms with van der Waals surface area (Å²) in [4.78, 5) is 3.78. The van der Waals surface area contributed by atoms with Gasteiger partial charge in [-0.1, -0.05) is 57.4 Å². The largest absolute Gasteiger partial charge is 0.265 e. The fraction of sp³-hybridized carbons (Fsp3) is 0.615. The van der Waals surface area contributed by atoms with Crippen LogP contribution in [0.15, 0.2) is 30.6 Å². The minimum Gasteiger partial charge on any atom is -0.265 e. The Labute approximate surface area is 87.6 Å². The Morgan fingerprint density at radius 2 is 0.857 bits per heavy atom. The number of hydrogen-bond acceptors (Lipinski definition) is 1. The van der Waals surface area contributed by atoms with Crippen molar-refractivity contribution >= 4 is 0 Å². The van der Waals surface area contributed by atoms with Gasteiger partial charge in [0, 0.05) is 12.4 Å². The van der Waals surface area contributed by atoms with Crippen molar-refractivity contribution in [2.75, 3.05) is 0 Å². The van der Waals surface area contributed by atoms with Gasteiger partial charge < -0.3 is 0 Å². The van der Waals surface area contributed by atoms with Crippen LogP contribution >= 0.6 is 0 Å². The molecule has 1 heterocycles. The van der Waals surface area contributed by atoms with Crippen LogP contribution in [0.3, 0.4) is 0 Å². The van der Waals surface area contributed by atoms with Crippen molar-refractivity contribution in [3.05, 3.63) is 30.6 Å². The summed E-state index contributed by atoms with van der Waals surface area (Å²) >= 11 is 0. The highest BCUT2D eigenvalue weighted by atomic mass is 14.6. The van der Waals surface area contributed by atoms with Crippen molar-refractivity contribution in [1.82, 2.24) is 4.98 Å². The Morgan fingerprint density at radius 1 is 0.500 bits per heavy atom. The van der Waals surface area contributed by atoms with Crippen LogP contribution in [-0.2, 0) is 0 Å². The molecule has 1 fully saturated rings. The summed E-state index contributed by atoms with van der Waals surface area (Å²) < 4.78 is 0. The first kappa shape index (κ1) is 11.2. The molecule has 0 spiro atoms. The van der Waals surface area contributed by atoms with Crippen LogP contribution in [0.1, 0.15) is 51.4 Å². The van der Waals surface area contributed by atoms with Gasteiger partial charge in [0.05, 0.1) is 0 Å². The fourth-order valence-electron chi connectivity index (χ4n) is 1.73. The molecule has 1 aromatic rings. The lowest BCUT2D eigenvalue weighted by Gasteiger charge is -2.05. The van der Waals surface area contributed by atoms with Crippen LogP contribution in [0.2, 0.25) is 0 Å². The van der Waals surface area contributed by atoms with E-state index < -0.39 is 0 Å². The highest BCUT2D eigenvalue weighted by Crippen LogP contribution is 2.15. The van der Waals surface area contributed by atoms with Gasteiger partial charge in [0.1, 0.15) is 0 Å². The van der Waals surface area contributed by atoms with E-state index in [2.05, 4.69) is 4.98 Å². The van der Waals surface area contributed by atoms with Crippen LogP contribution in [-0.4, -0.2) is 4.98 Å². The Morgan fingerprint density at radius 3 is 1.00 bits per heavy atom. The summed E-state index contributed by atoms with van der Waals surface area (Å²) in [5, 5.41) is 0. The summed E-state index contributed by atoms with van der Waals surface area (Å²) in [5.41, 5.74) is 0. The van der Waals surface area contributed by atoms with Crippen LogP contribution in [0, 0.1) is 0 Å². The second-order valence-corrected chi connectivity index (χ2v) is 3.85. The Bertz CT molecular complexity index is 145. The summed E-state index contributed by atoms with van der Waals surface area (Å²) in [6.07, 6.45) is 15.5. The molecule has 0 radical (unpaired) electrons. The van der Waals surface area contributed by atoms with Crippen molar-refractivity contribution in [3.8, 4) is 0 Å². The van der Waals surface area contributed by atoms with Gasteiger partial charge in [-0.25, -0.2) is 0 Å². The van der Waals surface area contributed by atoms with E-state index in [0.29, 0.717) is 0 Å². The van der Waals surface area contributed by atoms with Crippen molar-refractivity contribution in [3.63, 3.8) is 0 Å². The monoisotopic (exact) mass is 191 g/mol. The number of pyridine rings is 1. The van der Waals surface area contributed by atoms with E-state index in [0.717, 1.165) is 0 Å². The first-order valence-corrected chi connectivity index (χ1v) is 5.85. The van der Waals surface area contributed by atoms with E-state index in [4.69, 9.17) is 0 Å². The van der Waals surface area contributed by atoms with Gasteiger partial charge in [0.15, 0.2) is 0 Å². The van der Waals surface area contributed by atoms with Crippen LogP contribution in [0.5, 0.6) is 0 Å². The lowest BCUT2D eigenvalue weighted by molar-refractivity contribution is 0.504. The SMILES string of the molecule is C1CCCCCCC1.c1ccncc1. The summed E-state index contributed by atoms with van der Waals surface area (Å²) in [7, 11) is 0.